The molecule has 2 aromatic rings. The van der Waals surface area contributed by atoms with Gasteiger partial charge in [-0.3, -0.25) is 4.79 Å². The van der Waals surface area contributed by atoms with E-state index in [0.29, 0.717) is 11.3 Å². The Kier molecular flexibility index (Phi) is 4.54. The van der Waals surface area contributed by atoms with E-state index in [4.69, 9.17) is 0 Å². The number of hydrogen-bond acceptors (Lipinski definition) is 2. The molecule has 2 aromatic carbocycles. The van der Waals surface area contributed by atoms with Crippen LogP contribution in [-0.2, 0) is 4.79 Å². The number of carbonyl (C=O) groups excluding carboxylic acids is 1. The van der Waals surface area contributed by atoms with Crippen molar-refractivity contribution in [2.24, 2.45) is 0 Å². The number of hydrogen-bond donors (Lipinski definition) is 1. The quantitative estimate of drug-likeness (QED) is 0.925. The molecule has 4 heteroatoms. The van der Waals surface area contributed by atoms with Crippen molar-refractivity contribution in [3.63, 3.8) is 0 Å². The second-order valence-electron chi connectivity index (χ2n) is 4.48. The third kappa shape index (κ3) is 3.46. The number of anilines is 1. The summed E-state index contributed by atoms with van der Waals surface area (Å²) >= 11 is 3.39. The van der Waals surface area contributed by atoms with Gasteiger partial charge in [-0.2, -0.15) is 5.26 Å². The summed E-state index contributed by atoms with van der Waals surface area (Å²) in [6.07, 6.45) is 0. The Morgan fingerprint density at radius 2 is 1.95 bits per heavy atom. The fourth-order valence-electron chi connectivity index (χ4n) is 1.95. The van der Waals surface area contributed by atoms with Crippen molar-refractivity contribution in [2.75, 3.05) is 5.32 Å². The lowest BCUT2D eigenvalue weighted by molar-refractivity contribution is -0.116. The highest BCUT2D eigenvalue weighted by Gasteiger charge is 2.20. The first-order chi connectivity index (χ1) is 9.60. The average Bonchev–Trinajstić information content (AvgIpc) is 2.39. The van der Waals surface area contributed by atoms with Gasteiger partial charge in [0, 0.05) is 10.2 Å². The third-order valence-corrected chi connectivity index (χ3v) is 3.29. The Morgan fingerprint density at radius 3 is 2.55 bits per heavy atom. The molecule has 0 aromatic heterocycles. The van der Waals surface area contributed by atoms with Crippen LogP contribution in [0.3, 0.4) is 0 Å². The molecule has 20 heavy (non-hydrogen) atoms. The van der Waals surface area contributed by atoms with Gasteiger partial charge in [-0.25, -0.2) is 0 Å². The van der Waals surface area contributed by atoms with Gasteiger partial charge in [-0.15, -0.1) is 0 Å². The van der Waals surface area contributed by atoms with E-state index in [1.54, 1.807) is 12.1 Å². The Hall–Kier alpha value is -2.12. The lowest BCUT2D eigenvalue weighted by Gasteiger charge is -2.11. The van der Waals surface area contributed by atoms with E-state index in [1.165, 1.54) is 0 Å². The van der Waals surface area contributed by atoms with E-state index in [2.05, 4.69) is 21.2 Å². The van der Waals surface area contributed by atoms with Crippen molar-refractivity contribution >= 4 is 27.5 Å². The molecule has 1 N–H and O–H groups in total. The summed E-state index contributed by atoms with van der Waals surface area (Å²) in [7, 11) is 0. The topological polar surface area (TPSA) is 52.9 Å². The van der Waals surface area contributed by atoms with Crippen molar-refractivity contribution in [1.82, 2.24) is 0 Å². The van der Waals surface area contributed by atoms with E-state index in [1.807, 2.05) is 49.4 Å². The molecule has 2 rings (SSSR count). The van der Waals surface area contributed by atoms with Crippen molar-refractivity contribution in [1.29, 1.82) is 5.26 Å². The van der Waals surface area contributed by atoms with Gasteiger partial charge in [0.05, 0.1) is 6.07 Å². The Labute approximate surface area is 126 Å². The van der Waals surface area contributed by atoms with Crippen LogP contribution in [0.4, 0.5) is 5.69 Å². The summed E-state index contributed by atoms with van der Waals surface area (Å²) in [5.74, 6) is -1.13. The van der Waals surface area contributed by atoms with Crippen molar-refractivity contribution < 1.29 is 4.79 Å². The van der Waals surface area contributed by atoms with E-state index < -0.39 is 5.92 Å². The molecule has 1 atom stereocenters. The van der Waals surface area contributed by atoms with Crippen LogP contribution in [-0.4, -0.2) is 5.91 Å². The van der Waals surface area contributed by atoms with Crippen LogP contribution in [0.5, 0.6) is 0 Å². The number of nitrogens with one attached hydrogen (secondary N) is 1. The smallest absolute Gasteiger partial charge is 0.246 e. The number of benzene rings is 2. The van der Waals surface area contributed by atoms with Crippen LogP contribution in [0.2, 0.25) is 0 Å². The summed E-state index contributed by atoms with van der Waals surface area (Å²) < 4.78 is 0.890. The van der Waals surface area contributed by atoms with Gasteiger partial charge >= 0.3 is 0 Å². The molecular weight excluding hydrogens is 316 g/mol. The highest BCUT2D eigenvalue weighted by Crippen LogP contribution is 2.21. The summed E-state index contributed by atoms with van der Waals surface area (Å²) in [5.41, 5.74) is 2.40. The second kappa shape index (κ2) is 6.36. The fraction of sp³-hybridized carbons (Fsp3) is 0.125. The number of nitrogens with zero attached hydrogens (tertiary/aromatic N) is 1. The lowest BCUT2D eigenvalue weighted by Crippen LogP contribution is -2.20. The standard InChI is InChI=1S/C16H13BrN2O/c1-11-7-13(17)9-14(8-11)19-16(20)15(10-18)12-5-3-2-4-6-12/h2-9,15H,1H3,(H,19,20). The molecule has 0 radical (unpaired) electrons. The van der Waals surface area contributed by atoms with Crippen LogP contribution in [0, 0.1) is 18.3 Å². The largest absolute Gasteiger partial charge is 0.325 e. The molecule has 0 aliphatic heterocycles. The third-order valence-electron chi connectivity index (χ3n) is 2.83. The van der Waals surface area contributed by atoms with E-state index in [0.717, 1.165) is 10.0 Å². The maximum absolute atomic E-state index is 12.2. The Balaban J connectivity index is 2.20. The SMILES string of the molecule is Cc1cc(Br)cc(NC(=O)C(C#N)c2ccccc2)c1. The monoisotopic (exact) mass is 328 g/mol. The van der Waals surface area contributed by atoms with Crippen LogP contribution < -0.4 is 5.32 Å². The van der Waals surface area contributed by atoms with Gasteiger partial charge in [-0.1, -0.05) is 46.3 Å². The maximum Gasteiger partial charge on any atom is 0.246 e. The molecule has 3 nitrogen and oxygen atoms in total. The minimum atomic E-state index is -0.810. The molecular formula is C16H13BrN2O. The first-order valence-corrected chi connectivity index (χ1v) is 6.92. The summed E-state index contributed by atoms with van der Waals surface area (Å²) in [5, 5.41) is 12.0. The lowest BCUT2D eigenvalue weighted by atomic mass is 10.00. The number of amides is 1. The maximum atomic E-state index is 12.2. The number of aryl methyl sites for hydroxylation is 1. The zero-order valence-corrected chi connectivity index (χ0v) is 12.5. The molecule has 100 valence electrons. The average molecular weight is 329 g/mol. The first kappa shape index (κ1) is 14.3. The number of halogens is 1. The molecule has 0 saturated carbocycles. The number of nitriles is 1. The molecule has 0 saturated heterocycles. The van der Waals surface area contributed by atoms with Gasteiger partial charge in [0.25, 0.3) is 0 Å². The predicted octanol–water partition coefficient (Wildman–Crippen LogP) is 4.00. The second-order valence-corrected chi connectivity index (χ2v) is 5.39. The van der Waals surface area contributed by atoms with Crippen LogP contribution in [0.25, 0.3) is 0 Å². The zero-order valence-electron chi connectivity index (χ0n) is 10.9. The van der Waals surface area contributed by atoms with Crippen LogP contribution >= 0.6 is 15.9 Å². The van der Waals surface area contributed by atoms with Gasteiger partial charge in [0.15, 0.2) is 5.92 Å². The van der Waals surface area contributed by atoms with E-state index in [9.17, 15) is 10.1 Å². The summed E-state index contributed by atoms with van der Waals surface area (Å²) in [6, 6.07) is 16.7. The number of rotatable bonds is 3. The molecule has 0 aliphatic carbocycles. The molecule has 0 bridgehead atoms. The van der Waals surface area contributed by atoms with Crippen molar-refractivity contribution in [3.8, 4) is 6.07 Å². The minimum absolute atomic E-state index is 0.323. The molecule has 1 unspecified atom stereocenters. The molecule has 0 fully saturated rings. The first-order valence-electron chi connectivity index (χ1n) is 6.13. The van der Waals surface area contributed by atoms with Crippen molar-refractivity contribution in [2.45, 2.75) is 12.8 Å². The molecule has 0 heterocycles. The summed E-state index contributed by atoms with van der Waals surface area (Å²) in [4.78, 5) is 12.2. The van der Waals surface area contributed by atoms with E-state index in [-0.39, 0.29) is 5.91 Å². The zero-order chi connectivity index (χ0) is 14.5. The summed E-state index contributed by atoms with van der Waals surface area (Å²) in [6.45, 7) is 1.94. The van der Waals surface area contributed by atoms with Gasteiger partial charge in [0.2, 0.25) is 5.91 Å². The highest BCUT2D eigenvalue weighted by atomic mass is 79.9. The highest BCUT2D eigenvalue weighted by molar-refractivity contribution is 9.10. The normalized spacial score (nSPS) is 11.4. The molecule has 0 aliphatic rings. The van der Waals surface area contributed by atoms with Gasteiger partial charge in [0.1, 0.15) is 0 Å². The van der Waals surface area contributed by atoms with Crippen molar-refractivity contribution in [3.05, 3.63) is 64.1 Å². The Bertz CT molecular complexity index is 642. The Morgan fingerprint density at radius 1 is 1.25 bits per heavy atom. The molecule has 1 amide bonds. The van der Waals surface area contributed by atoms with Crippen LogP contribution in [0.15, 0.2) is 53.0 Å². The molecule has 0 spiro atoms. The fourth-order valence-corrected chi connectivity index (χ4v) is 2.56. The number of carbonyl (C=O) groups is 1. The van der Waals surface area contributed by atoms with Gasteiger partial charge in [-0.05, 0) is 36.2 Å². The van der Waals surface area contributed by atoms with Gasteiger partial charge < -0.3 is 5.32 Å². The van der Waals surface area contributed by atoms with E-state index >= 15 is 0 Å². The minimum Gasteiger partial charge on any atom is -0.325 e. The van der Waals surface area contributed by atoms with Crippen LogP contribution in [0.1, 0.15) is 17.0 Å². The predicted molar refractivity (Wildman–Crippen MR) is 82.3 cm³/mol.